The Kier molecular flexibility index (Phi) is 4.08. The molecule has 0 aromatic heterocycles. The number of hydrogen-bond acceptors (Lipinski definition) is 2. The maximum absolute atomic E-state index is 5.77. The third kappa shape index (κ3) is 2.61. The van der Waals surface area contributed by atoms with Crippen LogP contribution in [0.4, 0.5) is 0 Å². The Morgan fingerprint density at radius 2 is 1.91 bits per heavy atom. The first-order valence-electron chi connectivity index (χ1n) is 9.00. The molecular formula is C21H31NO. The second-order valence-corrected chi connectivity index (χ2v) is 8.53. The first-order valence-corrected chi connectivity index (χ1v) is 9.00. The van der Waals surface area contributed by atoms with Crippen LogP contribution in [0.15, 0.2) is 18.2 Å². The lowest BCUT2D eigenvalue weighted by Gasteiger charge is -2.52. The zero-order valence-electron chi connectivity index (χ0n) is 15.5. The summed E-state index contributed by atoms with van der Waals surface area (Å²) < 4.78 is 0. The van der Waals surface area contributed by atoms with Crippen LogP contribution in [-0.2, 0) is 5.41 Å². The first kappa shape index (κ1) is 16.6. The zero-order valence-corrected chi connectivity index (χ0v) is 15.5. The van der Waals surface area contributed by atoms with Gasteiger partial charge < -0.3 is 4.84 Å². The molecule has 2 unspecified atom stereocenters. The van der Waals surface area contributed by atoms with Gasteiger partial charge in [0.1, 0.15) is 0 Å². The lowest BCUT2D eigenvalue weighted by atomic mass is 9.52. The molecule has 1 fully saturated rings. The van der Waals surface area contributed by atoms with Crippen LogP contribution in [-0.4, -0.2) is 7.05 Å². The Morgan fingerprint density at radius 3 is 2.57 bits per heavy atom. The maximum Gasteiger partial charge on any atom is 0.150 e. The number of allylic oxidation sites excluding steroid dienone is 1. The van der Waals surface area contributed by atoms with Gasteiger partial charge in [-0.2, -0.15) is 5.48 Å². The largest absolute Gasteiger partial charge is 0.409 e. The Hall–Kier alpha value is -1.28. The van der Waals surface area contributed by atoms with Crippen LogP contribution in [0, 0.1) is 11.3 Å². The normalized spacial score (nSPS) is 28.4. The molecule has 126 valence electrons. The first-order chi connectivity index (χ1) is 10.8. The van der Waals surface area contributed by atoms with Crippen LogP contribution in [0.2, 0.25) is 0 Å². The molecule has 0 spiro atoms. The molecule has 2 atom stereocenters. The Labute approximate surface area is 141 Å². The van der Waals surface area contributed by atoms with E-state index < -0.39 is 0 Å². The van der Waals surface area contributed by atoms with Crippen molar-refractivity contribution in [3.8, 4) is 5.75 Å². The molecule has 1 aromatic carbocycles. The van der Waals surface area contributed by atoms with Gasteiger partial charge in [0.2, 0.25) is 0 Å². The highest BCUT2D eigenvalue weighted by molar-refractivity contribution is 5.64. The van der Waals surface area contributed by atoms with Gasteiger partial charge in [0.15, 0.2) is 5.75 Å². The number of nitrogens with one attached hydrogen (secondary N) is 1. The topological polar surface area (TPSA) is 21.3 Å². The van der Waals surface area contributed by atoms with Crippen molar-refractivity contribution in [1.82, 2.24) is 5.48 Å². The van der Waals surface area contributed by atoms with E-state index in [1.807, 2.05) is 7.05 Å². The molecule has 0 heterocycles. The third-order valence-corrected chi connectivity index (χ3v) is 6.15. The molecule has 3 rings (SSSR count). The minimum absolute atomic E-state index is 0.215. The fourth-order valence-electron chi connectivity index (χ4n) is 4.96. The van der Waals surface area contributed by atoms with E-state index in [0.717, 1.165) is 5.75 Å². The molecule has 0 saturated heterocycles. The van der Waals surface area contributed by atoms with Crippen LogP contribution < -0.4 is 10.3 Å². The molecule has 23 heavy (non-hydrogen) atoms. The molecule has 0 amide bonds. The molecule has 0 aliphatic heterocycles. The summed E-state index contributed by atoms with van der Waals surface area (Å²) >= 11 is 0. The number of rotatable bonds is 3. The highest BCUT2D eigenvalue weighted by atomic mass is 16.6. The average molecular weight is 313 g/mol. The van der Waals surface area contributed by atoms with Gasteiger partial charge in [-0.1, -0.05) is 53.2 Å². The minimum Gasteiger partial charge on any atom is -0.409 e. The van der Waals surface area contributed by atoms with Crippen molar-refractivity contribution in [1.29, 1.82) is 0 Å². The highest BCUT2D eigenvalue weighted by Crippen LogP contribution is 2.56. The monoisotopic (exact) mass is 313 g/mol. The zero-order chi connectivity index (χ0) is 16.8. The molecule has 2 heteroatoms. The third-order valence-electron chi connectivity index (χ3n) is 6.15. The van der Waals surface area contributed by atoms with E-state index in [1.54, 1.807) is 0 Å². The van der Waals surface area contributed by atoms with Crippen LogP contribution in [0.3, 0.4) is 0 Å². The van der Waals surface area contributed by atoms with Crippen molar-refractivity contribution in [2.24, 2.45) is 11.3 Å². The van der Waals surface area contributed by atoms with E-state index in [2.05, 4.69) is 64.4 Å². The predicted octanol–water partition coefficient (Wildman–Crippen LogP) is 5.43. The Balaban J connectivity index is 2.16. The van der Waals surface area contributed by atoms with Crippen LogP contribution >= 0.6 is 0 Å². The van der Waals surface area contributed by atoms with Crippen molar-refractivity contribution in [2.45, 2.75) is 65.2 Å². The van der Waals surface area contributed by atoms with Crippen LogP contribution in [0.25, 0.3) is 6.08 Å². The van der Waals surface area contributed by atoms with Gasteiger partial charge >= 0.3 is 0 Å². The summed E-state index contributed by atoms with van der Waals surface area (Å²) in [7, 11) is 1.83. The lowest BCUT2D eigenvalue weighted by Crippen LogP contribution is -2.45. The number of hydroxylamine groups is 1. The van der Waals surface area contributed by atoms with Gasteiger partial charge in [-0.15, -0.1) is 0 Å². The summed E-state index contributed by atoms with van der Waals surface area (Å²) in [5, 5.41) is 0. The quantitative estimate of drug-likeness (QED) is 0.751. The summed E-state index contributed by atoms with van der Waals surface area (Å²) in [6.45, 7) is 11.8. The smallest absolute Gasteiger partial charge is 0.150 e. The van der Waals surface area contributed by atoms with Gasteiger partial charge in [-0.05, 0) is 64.3 Å². The highest BCUT2D eigenvalue weighted by Gasteiger charge is 2.48. The fourth-order valence-corrected chi connectivity index (χ4v) is 4.96. The van der Waals surface area contributed by atoms with Gasteiger partial charge in [0, 0.05) is 7.05 Å². The summed E-state index contributed by atoms with van der Waals surface area (Å²) in [5.74, 6) is 2.04. The van der Waals surface area contributed by atoms with E-state index in [0.29, 0.717) is 17.3 Å². The van der Waals surface area contributed by atoms with Crippen molar-refractivity contribution in [2.75, 3.05) is 7.05 Å². The number of benzene rings is 1. The second kappa shape index (κ2) is 5.66. The van der Waals surface area contributed by atoms with Crippen molar-refractivity contribution >= 4 is 6.08 Å². The van der Waals surface area contributed by atoms with E-state index in [1.165, 1.54) is 36.0 Å². The summed E-state index contributed by atoms with van der Waals surface area (Å²) in [6, 6.07) is 4.64. The maximum atomic E-state index is 5.77. The molecule has 1 saturated carbocycles. The SMILES string of the molecule is CNOc1cc2c(cc1C(C)C)C=CC1C(C)(C)CCCC21C. The molecule has 1 aromatic rings. The fraction of sp³-hybridized carbons (Fsp3) is 0.619. The molecule has 0 bridgehead atoms. The van der Waals surface area contributed by atoms with Crippen molar-refractivity contribution in [3.05, 3.63) is 34.9 Å². The van der Waals surface area contributed by atoms with E-state index in [9.17, 15) is 0 Å². The average Bonchev–Trinajstić information content (AvgIpc) is 2.46. The standard InChI is InChI=1S/C21H31NO/c1-14(2)16-12-15-8-9-19-20(3,4)10-7-11-21(19,5)17(15)13-18(16)23-22-6/h8-9,12-14,19,22H,7,10-11H2,1-6H3. The van der Waals surface area contributed by atoms with E-state index >= 15 is 0 Å². The van der Waals surface area contributed by atoms with Gasteiger partial charge in [0.05, 0.1) is 0 Å². The molecule has 0 radical (unpaired) electrons. The van der Waals surface area contributed by atoms with Gasteiger partial charge in [-0.25, -0.2) is 0 Å². The number of hydrogen-bond donors (Lipinski definition) is 1. The van der Waals surface area contributed by atoms with Crippen LogP contribution in [0.1, 0.15) is 76.5 Å². The molecule has 2 nitrogen and oxygen atoms in total. The van der Waals surface area contributed by atoms with E-state index in [-0.39, 0.29) is 5.41 Å². The Morgan fingerprint density at radius 1 is 1.17 bits per heavy atom. The minimum atomic E-state index is 0.215. The van der Waals surface area contributed by atoms with Crippen molar-refractivity contribution < 1.29 is 4.84 Å². The second-order valence-electron chi connectivity index (χ2n) is 8.53. The molecule has 2 aliphatic carbocycles. The van der Waals surface area contributed by atoms with E-state index in [4.69, 9.17) is 4.84 Å². The van der Waals surface area contributed by atoms with Crippen molar-refractivity contribution in [3.63, 3.8) is 0 Å². The lowest BCUT2D eigenvalue weighted by molar-refractivity contribution is 0.0905. The molecule has 1 N–H and O–H groups in total. The molecular weight excluding hydrogens is 282 g/mol. The predicted molar refractivity (Wildman–Crippen MR) is 97.7 cm³/mol. The number of fused-ring (bicyclic) bond motifs is 3. The summed E-state index contributed by atoms with van der Waals surface area (Å²) in [4.78, 5) is 5.77. The van der Waals surface area contributed by atoms with Crippen LogP contribution in [0.5, 0.6) is 5.75 Å². The Bertz CT molecular complexity index is 629. The van der Waals surface area contributed by atoms with Gasteiger partial charge in [0.25, 0.3) is 0 Å². The summed E-state index contributed by atoms with van der Waals surface area (Å²) in [5.41, 5.74) is 7.57. The summed E-state index contributed by atoms with van der Waals surface area (Å²) in [6.07, 6.45) is 8.71. The molecule has 2 aliphatic rings. The van der Waals surface area contributed by atoms with Gasteiger partial charge in [-0.3, -0.25) is 0 Å².